The smallest absolute Gasteiger partial charge is 0.376 e. The molecule has 0 aliphatic carbocycles. The summed E-state index contributed by atoms with van der Waals surface area (Å²) < 4.78 is 31.4. The highest BCUT2D eigenvalue weighted by Gasteiger charge is 2.32. The van der Waals surface area contributed by atoms with E-state index in [4.69, 9.17) is 27.5 Å². The largest absolute Gasteiger partial charge is 0.484 e. The Bertz CT molecular complexity index is 150. The highest BCUT2D eigenvalue weighted by Crippen LogP contribution is 2.13. The minimum Gasteiger partial charge on any atom is -0.376 e. The molecule has 0 radical (unpaired) electrons. The molecule has 0 aromatic carbocycles. The van der Waals surface area contributed by atoms with Gasteiger partial charge in [-0.25, -0.2) is 0 Å². The maximum atomic E-state index is 5.48. The molecule has 0 bridgehead atoms. The molecule has 0 aromatic heterocycles. The first-order valence-electron chi connectivity index (χ1n) is 5.18. The molecule has 0 aliphatic rings. The molecule has 0 atom stereocenters. The van der Waals surface area contributed by atoms with Gasteiger partial charge in [0.15, 0.2) is 0 Å². The normalized spacial score (nSPS) is 12.4. The lowest BCUT2D eigenvalue weighted by molar-refractivity contribution is -0.363. The van der Waals surface area contributed by atoms with E-state index < -0.39 is 15.5 Å². The molecule has 0 unspecified atom stereocenters. The Morgan fingerprint density at radius 1 is 0.812 bits per heavy atom. The molecule has 16 heavy (non-hydrogen) atoms. The van der Waals surface area contributed by atoms with E-state index in [9.17, 15) is 0 Å². The average Bonchev–Trinajstić information content (AvgIpc) is 2.32. The first-order chi connectivity index (χ1) is 7.67. The number of rotatable bonds is 10. The summed E-state index contributed by atoms with van der Waals surface area (Å²) in [6.45, 7) is 4.98. The van der Waals surface area contributed by atoms with Gasteiger partial charge in [0.1, 0.15) is 6.61 Å². The van der Waals surface area contributed by atoms with Crippen LogP contribution < -0.4 is 0 Å². The van der Waals surface area contributed by atoms with E-state index in [2.05, 4.69) is 0 Å². The first-order valence-corrected chi connectivity index (χ1v) is 6.59. The molecule has 0 fully saturated rings. The van der Waals surface area contributed by atoms with Crippen molar-refractivity contribution in [3.8, 4) is 0 Å². The maximum absolute atomic E-state index is 5.48. The molecule has 0 aromatic rings. The summed E-state index contributed by atoms with van der Waals surface area (Å²) in [6, 6.07) is 0. The predicted octanol–water partition coefficient (Wildman–Crippen LogP) is 0.386. The van der Waals surface area contributed by atoms with Gasteiger partial charge in [0.2, 0.25) is 0 Å². The molecule has 0 rings (SSSR count). The summed E-state index contributed by atoms with van der Waals surface area (Å²) in [5.74, 6) is -1.19. The zero-order valence-electron chi connectivity index (χ0n) is 10.6. The quantitative estimate of drug-likeness (QED) is 0.415. The minimum atomic E-state index is -2.12. The van der Waals surface area contributed by atoms with Crippen molar-refractivity contribution in [3.05, 3.63) is 0 Å². The lowest BCUT2D eigenvalue weighted by Crippen LogP contribution is -2.44. The maximum Gasteiger partial charge on any atom is 0.484 e. The number of ether oxygens (including phenoxy) is 3. The van der Waals surface area contributed by atoms with Crippen LogP contribution in [-0.4, -0.2) is 56.7 Å². The number of hydrogen-bond donors (Lipinski definition) is 0. The topological polar surface area (TPSA) is 55.4 Å². The highest BCUT2D eigenvalue weighted by molar-refractivity contribution is 6.36. The SMILES string of the molecule is CCO[SiH](OCC)OCC(OC)(OC)OC. The molecule has 0 saturated carbocycles. The van der Waals surface area contributed by atoms with Crippen molar-refractivity contribution < 1.29 is 27.5 Å². The monoisotopic (exact) mass is 254 g/mol. The molecule has 0 saturated heterocycles. The Labute approximate surface area is 98.7 Å². The van der Waals surface area contributed by atoms with Gasteiger partial charge in [0.05, 0.1) is 0 Å². The lowest BCUT2D eigenvalue weighted by atomic mass is 10.6. The second-order valence-electron chi connectivity index (χ2n) is 2.81. The van der Waals surface area contributed by atoms with Crippen molar-refractivity contribution in [2.45, 2.75) is 19.8 Å². The number of methoxy groups -OCH3 is 3. The van der Waals surface area contributed by atoms with Gasteiger partial charge < -0.3 is 27.5 Å². The van der Waals surface area contributed by atoms with Gasteiger partial charge in [0, 0.05) is 34.5 Å². The van der Waals surface area contributed by atoms with Crippen molar-refractivity contribution in [3.63, 3.8) is 0 Å². The second kappa shape index (κ2) is 9.05. The Morgan fingerprint density at radius 3 is 1.56 bits per heavy atom. The zero-order valence-corrected chi connectivity index (χ0v) is 11.8. The van der Waals surface area contributed by atoms with E-state index in [0.717, 1.165) is 0 Å². The van der Waals surface area contributed by atoms with Gasteiger partial charge in [0.25, 0.3) is 0 Å². The Kier molecular flexibility index (Phi) is 9.04. The van der Waals surface area contributed by atoms with Crippen LogP contribution in [0.5, 0.6) is 0 Å². The van der Waals surface area contributed by atoms with Crippen LogP contribution in [0, 0.1) is 0 Å². The second-order valence-corrected chi connectivity index (χ2v) is 4.38. The van der Waals surface area contributed by atoms with Gasteiger partial charge >= 0.3 is 15.5 Å². The third-order valence-electron chi connectivity index (χ3n) is 1.93. The Balaban J connectivity index is 4.13. The highest BCUT2D eigenvalue weighted by atomic mass is 28.3. The first kappa shape index (κ1) is 16.0. The van der Waals surface area contributed by atoms with Crippen LogP contribution in [0.4, 0.5) is 0 Å². The van der Waals surface area contributed by atoms with E-state index in [1.165, 1.54) is 21.3 Å². The standard InChI is InChI=1S/C9H22O6Si/c1-6-13-16(14-7-2)15-8-9(10-3,11-4)12-5/h16H,6-8H2,1-5H3. The van der Waals surface area contributed by atoms with Crippen LogP contribution >= 0.6 is 0 Å². The van der Waals surface area contributed by atoms with Gasteiger partial charge in [-0.1, -0.05) is 0 Å². The third kappa shape index (κ3) is 5.35. The summed E-state index contributed by atoms with van der Waals surface area (Å²) in [6.07, 6.45) is 0. The van der Waals surface area contributed by atoms with Crippen molar-refractivity contribution >= 4 is 9.53 Å². The predicted molar refractivity (Wildman–Crippen MR) is 60.1 cm³/mol. The zero-order chi connectivity index (χ0) is 12.4. The van der Waals surface area contributed by atoms with E-state index in [1.807, 2.05) is 13.8 Å². The third-order valence-corrected chi connectivity index (χ3v) is 3.58. The average molecular weight is 254 g/mol. The number of hydrogen-bond acceptors (Lipinski definition) is 6. The fourth-order valence-electron chi connectivity index (χ4n) is 1.01. The van der Waals surface area contributed by atoms with Gasteiger partial charge in [-0.15, -0.1) is 0 Å². The van der Waals surface area contributed by atoms with Crippen LogP contribution in [0.1, 0.15) is 13.8 Å². The molecule has 0 N–H and O–H groups in total. The van der Waals surface area contributed by atoms with Crippen molar-refractivity contribution in [2.75, 3.05) is 41.2 Å². The Morgan fingerprint density at radius 2 is 1.25 bits per heavy atom. The van der Waals surface area contributed by atoms with Gasteiger partial charge in [-0.2, -0.15) is 0 Å². The van der Waals surface area contributed by atoms with E-state index in [1.54, 1.807) is 0 Å². The van der Waals surface area contributed by atoms with Crippen LogP contribution in [0.15, 0.2) is 0 Å². The molecule has 7 heteroatoms. The minimum absolute atomic E-state index is 0.105. The molecule has 0 heterocycles. The van der Waals surface area contributed by atoms with Crippen LogP contribution in [0.25, 0.3) is 0 Å². The molecule has 98 valence electrons. The lowest BCUT2D eigenvalue weighted by Gasteiger charge is -2.29. The van der Waals surface area contributed by atoms with Crippen molar-refractivity contribution in [1.29, 1.82) is 0 Å². The molecular formula is C9H22O6Si. The summed E-state index contributed by atoms with van der Waals surface area (Å²) in [7, 11) is 2.33. The summed E-state index contributed by atoms with van der Waals surface area (Å²) in [4.78, 5) is 0. The van der Waals surface area contributed by atoms with Gasteiger partial charge in [-0.3, -0.25) is 0 Å². The Hall–Kier alpha value is -0.0231. The van der Waals surface area contributed by atoms with E-state index in [-0.39, 0.29) is 6.61 Å². The summed E-state index contributed by atoms with van der Waals surface area (Å²) >= 11 is 0. The van der Waals surface area contributed by atoms with Crippen LogP contribution in [0.2, 0.25) is 0 Å². The van der Waals surface area contributed by atoms with Crippen molar-refractivity contribution in [2.24, 2.45) is 0 Å². The molecule has 0 spiro atoms. The fourth-order valence-corrected chi connectivity index (χ4v) is 2.19. The van der Waals surface area contributed by atoms with Crippen LogP contribution in [-0.2, 0) is 27.5 Å². The van der Waals surface area contributed by atoms with Crippen molar-refractivity contribution in [1.82, 2.24) is 0 Å². The molecule has 0 aliphatic heterocycles. The van der Waals surface area contributed by atoms with E-state index >= 15 is 0 Å². The molecule has 6 nitrogen and oxygen atoms in total. The summed E-state index contributed by atoms with van der Waals surface area (Å²) in [5.41, 5.74) is 0. The summed E-state index contributed by atoms with van der Waals surface area (Å²) in [5, 5.41) is 0. The van der Waals surface area contributed by atoms with E-state index in [0.29, 0.717) is 13.2 Å². The molecule has 0 amide bonds. The molecular weight excluding hydrogens is 232 g/mol. The van der Waals surface area contributed by atoms with Crippen LogP contribution in [0.3, 0.4) is 0 Å². The fraction of sp³-hybridized carbons (Fsp3) is 1.00. The van der Waals surface area contributed by atoms with Gasteiger partial charge in [-0.05, 0) is 13.8 Å².